The predicted molar refractivity (Wildman–Crippen MR) is 57.8 cm³/mol. The van der Waals surface area contributed by atoms with E-state index in [1.807, 2.05) is 32.1 Å². The van der Waals surface area contributed by atoms with Gasteiger partial charge in [0.1, 0.15) is 0 Å². The van der Waals surface area contributed by atoms with Gasteiger partial charge in [0, 0.05) is 0 Å². The minimum absolute atomic E-state index is 0.410. The van der Waals surface area contributed by atoms with Crippen molar-refractivity contribution in [1.29, 1.82) is 0 Å². The number of hydrogen-bond donors (Lipinski definition) is 0. The number of aliphatic imine (C=N–C) groups is 1. The molecule has 0 unspecified atom stereocenters. The van der Waals surface area contributed by atoms with E-state index in [0.29, 0.717) is 6.54 Å². The molecule has 2 nitrogen and oxygen atoms in total. The second kappa shape index (κ2) is 4.54. The van der Waals surface area contributed by atoms with Gasteiger partial charge in [0.25, 0.3) is 0 Å². The van der Waals surface area contributed by atoms with Crippen molar-refractivity contribution < 1.29 is 4.79 Å². The summed E-state index contributed by atoms with van der Waals surface area (Å²) < 4.78 is 0. The van der Waals surface area contributed by atoms with E-state index < -0.39 is 0 Å². The van der Waals surface area contributed by atoms with Gasteiger partial charge in [-0.05, 0) is 36.1 Å². The summed E-state index contributed by atoms with van der Waals surface area (Å²) in [5, 5.41) is 0. The summed E-state index contributed by atoms with van der Waals surface area (Å²) in [6, 6.07) is 3.96. The average molecular weight is 187 g/mol. The normalized spacial score (nSPS) is 9.29. The molecular weight excluding hydrogens is 174 g/mol. The summed E-state index contributed by atoms with van der Waals surface area (Å²) in [6.07, 6.45) is 3.37. The zero-order valence-corrected chi connectivity index (χ0v) is 8.50. The van der Waals surface area contributed by atoms with Crippen LogP contribution in [0.3, 0.4) is 0 Å². The lowest BCUT2D eigenvalue weighted by Crippen LogP contribution is -1.93. The van der Waals surface area contributed by atoms with Crippen molar-refractivity contribution in [3.8, 4) is 0 Å². The second-order valence-corrected chi connectivity index (χ2v) is 3.18. The van der Waals surface area contributed by atoms with E-state index in [1.165, 1.54) is 11.1 Å². The van der Waals surface area contributed by atoms with Crippen LogP contribution in [0.5, 0.6) is 0 Å². The molecule has 0 aliphatic rings. The van der Waals surface area contributed by atoms with Crippen LogP contribution in [-0.2, 0) is 11.3 Å². The van der Waals surface area contributed by atoms with Gasteiger partial charge in [-0.1, -0.05) is 24.8 Å². The fourth-order valence-corrected chi connectivity index (χ4v) is 1.41. The molecule has 0 aliphatic heterocycles. The third kappa shape index (κ3) is 1.98. The van der Waals surface area contributed by atoms with E-state index >= 15 is 0 Å². The first kappa shape index (κ1) is 10.4. The lowest BCUT2D eigenvalue weighted by Gasteiger charge is -2.08. The number of isocyanates is 1. The largest absolute Gasteiger partial charge is 0.235 e. The molecule has 0 radical (unpaired) electrons. The van der Waals surface area contributed by atoms with Gasteiger partial charge in [-0.15, -0.1) is 0 Å². The predicted octanol–water partition coefficient (Wildman–Crippen LogP) is 2.78. The standard InChI is InChI=1S/C12H13NO/c1-4-11-5-6-12(7-13-8-14)10(3)9(11)2/h4-6H,1,7H2,2-3H3. The highest BCUT2D eigenvalue weighted by Gasteiger charge is 2.03. The highest BCUT2D eigenvalue weighted by atomic mass is 16.1. The van der Waals surface area contributed by atoms with Crippen LogP contribution >= 0.6 is 0 Å². The molecule has 0 fully saturated rings. The first-order chi connectivity index (χ1) is 6.70. The minimum Gasteiger partial charge on any atom is -0.211 e. The Labute approximate surface area is 84.0 Å². The number of rotatable bonds is 3. The van der Waals surface area contributed by atoms with Gasteiger partial charge in [-0.25, -0.2) is 9.79 Å². The molecule has 0 heterocycles. The summed E-state index contributed by atoms with van der Waals surface area (Å²) in [6.45, 7) is 8.22. The van der Waals surface area contributed by atoms with E-state index in [9.17, 15) is 4.79 Å². The van der Waals surface area contributed by atoms with Crippen molar-refractivity contribution in [2.24, 2.45) is 4.99 Å². The van der Waals surface area contributed by atoms with Crippen molar-refractivity contribution in [3.05, 3.63) is 41.0 Å². The zero-order valence-electron chi connectivity index (χ0n) is 8.50. The zero-order chi connectivity index (χ0) is 10.6. The van der Waals surface area contributed by atoms with E-state index in [4.69, 9.17) is 0 Å². The molecule has 0 aromatic heterocycles. The first-order valence-electron chi connectivity index (χ1n) is 4.46. The van der Waals surface area contributed by atoms with E-state index in [-0.39, 0.29) is 0 Å². The lowest BCUT2D eigenvalue weighted by atomic mass is 9.98. The maximum Gasteiger partial charge on any atom is 0.235 e. The molecule has 0 saturated heterocycles. The summed E-state index contributed by atoms with van der Waals surface area (Å²) in [5.74, 6) is 0. The summed E-state index contributed by atoms with van der Waals surface area (Å²) in [5.41, 5.74) is 4.55. The number of hydrogen-bond acceptors (Lipinski definition) is 2. The molecule has 1 aromatic rings. The third-order valence-corrected chi connectivity index (χ3v) is 2.48. The molecule has 72 valence electrons. The highest BCUT2D eigenvalue weighted by Crippen LogP contribution is 2.19. The van der Waals surface area contributed by atoms with Crippen molar-refractivity contribution >= 4 is 12.2 Å². The van der Waals surface area contributed by atoms with Crippen LogP contribution in [0, 0.1) is 13.8 Å². The Morgan fingerprint density at radius 1 is 1.43 bits per heavy atom. The molecule has 1 aromatic carbocycles. The molecule has 0 saturated carbocycles. The molecule has 1 rings (SSSR count). The Balaban J connectivity index is 3.16. The van der Waals surface area contributed by atoms with Crippen molar-refractivity contribution in [1.82, 2.24) is 0 Å². The third-order valence-electron chi connectivity index (χ3n) is 2.48. The van der Waals surface area contributed by atoms with Crippen LogP contribution in [0.1, 0.15) is 22.3 Å². The molecule has 0 atom stereocenters. The van der Waals surface area contributed by atoms with Gasteiger partial charge < -0.3 is 0 Å². The Morgan fingerprint density at radius 3 is 2.71 bits per heavy atom. The van der Waals surface area contributed by atoms with E-state index in [1.54, 1.807) is 6.08 Å². The monoisotopic (exact) mass is 187 g/mol. The fraction of sp³-hybridized carbons (Fsp3) is 0.250. The first-order valence-corrected chi connectivity index (χ1v) is 4.46. The van der Waals surface area contributed by atoms with Gasteiger partial charge in [0.05, 0.1) is 6.54 Å². The quantitative estimate of drug-likeness (QED) is 0.528. The number of carbonyl (C=O) groups excluding carboxylic acids is 1. The van der Waals surface area contributed by atoms with Gasteiger partial charge in [-0.2, -0.15) is 0 Å². The van der Waals surface area contributed by atoms with Crippen molar-refractivity contribution in [2.75, 3.05) is 0 Å². The van der Waals surface area contributed by atoms with Crippen LogP contribution < -0.4 is 0 Å². The Hall–Kier alpha value is -1.66. The smallest absolute Gasteiger partial charge is 0.211 e. The Kier molecular flexibility index (Phi) is 3.38. The Bertz CT molecular complexity index is 401. The molecule has 0 amide bonds. The van der Waals surface area contributed by atoms with Crippen LogP contribution in [0.25, 0.3) is 6.08 Å². The SMILES string of the molecule is C=Cc1ccc(CN=C=O)c(C)c1C. The maximum atomic E-state index is 9.99. The summed E-state index contributed by atoms with van der Waals surface area (Å²) in [7, 11) is 0. The van der Waals surface area contributed by atoms with Crippen molar-refractivity contribution in [3.63, 3.8) is 0 Å². The van der Waals surface area contributed by atoms with Crippen LogP contribution in [0.2, 0.25) is 0 Å². The van der Waals surface area contributed by atoms with Gasteiger partial charge >= 0.3 is 0 Å². The lowest BCUT2D eigenvalue weighted by molar-refractivity contribution is 0.562. The van der Waals surface area contributed by atoms with Gasteiger partial charge in [-0.3, -0.25) is 0 Å². The fourth-order valence-electron chi connectivity index (χ4n) is 1.41. The average Bonchev–Trinajstić information content (AvgIpc) is 2.20. The maximum absolute atomic E-state index is 9.99. The van der Waals surface area contributed by atoms with Crippen LogP contribution in [-0.4, -0.2) is 6.08 Å². The van der Waals surface area contributed by atoms with Gasteiger partial charge in [0.15, 0.2) is 0 Å². The van der Waals surface area contributed by atoms with Crippen LogP contribution in [0.4, 0.5) is 0 Å². The molecule has 2 heteroatoms. The van der Waals surface area contributed by atoms with Crippen molar-refractivity contribution in [2.45, 2.75) is 20.4 Å². The van der Waals surface area contributed by atoms with E-state index in [2.05, 4.69) is 11.6 Å². The summed E-state index contributed by atoms with van der Waals surface area (Å²) in [4.78, 5) is 13.6. The summed E-state index contributed by atoms with van der Waals surface area (Å²) >= 11 is 0. The van der Waals surface area contributed by atoms with Gasteiger partial charge in [0.2, 0.25) is 6.08 Å². The minimum atomic E-state index is 0.410. The molecule has 0 spiro atoms. The molecule has 14 heavy (non-hydrogen) atoms. The highest BCUT2D eigenvalue weighted by molar-refractivity contribution is 5.55. The second-order valence-electron chi connectivity index (χ2n) is 3.18. The molecule has 0 aliphatic carbocycles. The topological polar surface area (TPSA) is 29.4 Å². The number of benzene rings is 1. The molecular formula is C12H13NO. The Morgan fingerprint density at radius 2 is 2.14 bits per heavy atom. The van der Waals surface area contributed by atoms with Crippen LogP contribution in [0.15, 0.2) is 23.7 Å². The molecule has 0 bridgehead atoms. The molecule has 0 N–H and O–H groups in total. The number of nitrogens with zero attached hydrogens (tertiary/aromatic N) is 1. The van der Waals surface area contributed by atoms with E-state index in [0.717, 1.165) is 11.1 Å².